The van der Waals surface area contributed by atoms with Crippen molar-refractivity contribution in [2.24, 2.45) is 0 Å². The highest BCUT2D eigenvalue weighted by Crippen LogP contribution is 2.32. The smallest absolute Gasteiger partial charge is 0.143 e. The van der Waals surface area contributed by atoms with Crippen molar-refractivity contribution in [2.45, 2.75) is 20.0 Å². The summed E-state index contributed by atoms with van der Waals surface area (Å²) < 4.78 is 5.67. The number of nitrogens with zero attached hydrogens (tertiary/aromatic N) is 1. The fourth-order valence-electron chi connectivity index (χ4n) is 1.70. The van der Waals surface area contributed by atoms with Crippen molar-refractivity contribution in [3.63, 3.8) is 0 Å². The molecule has 0 aliphatic carbocycles. The third kappa shape index (κ3) is 3.60. The van der Waals surface area contributed by atoms with Crippen molar-refractivity contribution in [1.29, 1.82) is 0 Å². The van der Waals surface area contributed by atoms with Crippen LogP contribution in [0, 0.1) is 6.92 Å². The molecule has 3 nitrogen and oxygen atoms in total. The zero-order valence-electron chi connectivity index (χ0n) is 10.3. The number of thiazole rings is 1. The third-order valence-corrected chi connectivity index (χ3v) is 4.17. The van der Waals surface area contributed by atoms with Crippen LogP contribution in [0.25, 0.3) is 0 Å². The van der Waals surface area contributed by atoms with E-state index in [2.05, 4.69) is 4.98 Å². The van der Waals surface area contributed by atoms with E-state index in [0.29, 0.717) is 28.0 Å². The lowest BCUT2D eigenvalue weighted by Crippen LogP contribution is -2.04. The van der Waals surface area contributed by atoms with Crippen molar-refractivity contribution in [3.8, 4) is 5.75 Å². The first-order chi connectivity index (χ1) is 9.11. The summed E-state index contributed by atoms with van der Waals surface area (Å²) in [5, 5.41) is 10.2. The lowest BCUT2D eigenvalue weighted by atomic mass is 10.2. The van der Waals surface area contributed by atoms with Gasteiger partial charge in [0.15, 0.2) is 0 Å². The fourth-order valence-corrected chi connectivity index (χ4v) is 3.06. The summed E-state index contributed by atoms with van der Waals surface area (Å²) in [6.07, 6.45) is 0.764. The van der Waals surface area contributed by atoms with Crippen LogP contribution in [0.3, 0.4) is 0 Å². The number of aliphatic hydroxyl groups excluding tert-OH is 1. The molecule has 0 atom stereocenters. The monoisotopic (exact) mass is 317 g/mol. The van der Waals surface area contributed by atoms with Gasteiger partial charge in [0, 0.05) is 21.9 Å². The first-order valence-electron chi connectivity index (χ1n) is 5.72. The molecular formula is C13H13Cl2NO2S. The number of hydrogen-bond acceptors (Lipinski definition) is 4. The van der Waals surface area contributed by atoms with Crippen LogP contribution >= 0.6 is 34.5 Å². The molecule has 0 fully saturated rings. The number of aliphatic hydroxyl groups is 1. The van der Waals surface area contributed by atoms with Gasteiger partial charge < -0.3 is 9.84 Å². The van der Waals surface area contributed by atoms with E-state index in [1.165, 1.54) is 4.88 Å². The Morgan fingerprint density at radius 3 is 2.79 bits per heavy atom. The molecule has 0 aliphatic rings. The Morgan fingerprint density at radius 1 is 1.37 bits per heavy atom. The summed E-state index contributed by atoms with van der Waals surface area (Å²) in [4.78, 5) is 5.38. The van der Waals surface area contributed by atoms with Crippen LogP contribution in [0.2, 0.25) is 10.0 Å². The van der Waals surface area contributed by atoms with Crippen LogP contribution in [0.5, 0.6) is 5.75 Å². The Kier molecular flexibility index (Phi) is 5.05. The fraction of sp³-hybridized carbons (Fsp3) is 0.308. The molecule has 1 N–H and O–H groups in total. The van der Waals surface area contributed by atoms with Gasteiger partial charge in [-0.3, -0.25) is 0 Å². The quantitative estimate of drug-likeness (QED) is 0.910. The molecule has 0 radical (unpaired) electrons. The SMILES string of the molecule is Cc1ncsc1CCOc1c(Cl)cc(Cl)cc1CO. The molecule has 1 aromatic heterocycles. The molecule has 19 heavy (non-hydrogen) atoms. The molecule has 0 saturated heterocycles. The third-order valence-electron chi connectivity index (χ3n) is 2.68. The second-order valence-electron chi connectivity index (χ2n) is 3.99. The highest BCUT2D eigenvalue weighted by atomic mass is 35.5. The summed E-state index contributed by atoms with van der Waals surface area (Å²) in [5.41, 5.74) is 3.44. The summed E-state index contributed by atoms with van der Waals surface area (Å²) in [7, 11) is 0. The predicted octanol–water partition coefficient (Wildman–Crippen LogP) is 3.87. The largest absolute Gasteiger partial charge is 0.491 e. The standard InChI is InChI=1S/C13H13Cl2NO2S/c1-8-12(19-7-16-8)2-3-18-13-9(6-17)4-10(14)5-11(13)15/h4-5,7,17H,2-3,6H2,1H3. The summed E-state index contributed by atoms with van der Waals surface area (Å²) in [6, 6.07) is 3.26. The maximum atomic E-state index is 9.29. The predicted molar refractivity (Wildman–Crippen MR) is 78.4 cm³/mol. The summed E-state index contributed by atoms with van der Waals surface area (Å²) in [5.74, 6) is 0.496. The first-order valence-corrected chi connectivity index (χ1v) is 7.36. The first kappa shape index (κ1) is 14.6. The van der Waals surface area contributed by atoms with Crippen LogP contribution < -0.4 is 4.74 Å². The molecule has 0 bridgehead atoms. The minimum absolute atomic E-state index is 0.158. The molecule has 6 heteroatoms. The summed E-state index contributed by atoms with van der Waals surface area (Å²) in [6.45, 7) is 2.30. The van der Waals surface area contributed by atoms with E-state index >= 15 is 0 Å². The van der Waals surface area contributed by atoms with Gasteiger partial charge in [0.1, 0.15) is 5.75 Å². The number of hydrogen-bond donors (Lipinski definition) is 1. The summed E-state index contributed by atoms with van der Waals surface area (Å²) >= 11 is 13.6. The van der Waals surface area contributed by atoms with Crippen LogP contribution in [0.15, 0.2) is 17.6 Å². The number of ether oxygens (including phenoxy) is 1. The van der Waals surface area contributed by atoms with E-state index in [-0.39, 0.29) is 6.61 Å². The molecular weight excluding hydrogens is 305 g/mol. The highest BCUT2D eigenvalue weighted by molar-refractivity contribution is 7.09. The average Bonchev–Trinajstić information content (AvgIpc) is 2.77. The van der Waals surface area contributed by atoms with Gasteiger partial charge in [-0.15, -0.1) is 11.3 Å². The van der Waals surface area contributed by atoms with Crippen LogP contribution in [0.1, 0.15) is 16.1 Å². The highest BCUT2D eigenvalue weighted by Gasteiger charge is 2.11. The van der Waals surface area contributed by atoms with Crippen LogP contribution in [0.4, 0.5) is 0 Å². The van der Waals surface area contributed by atoms with Crippen molar-refractivity contribution < 1.29 is 9.84 Å². The normalized spacial score (nSPS) is 10.7. The maximum absolute atomic E-state index is 9.29. The molecule has 0 saturated carbocycles. The van der Waals surface area contributed by atoms with Gasteiger partial charge in [0.05, 0.1) is 29.4 Å². The van der Waals surface area contributed by atoms with Gasteiger partial charge in [-0.1, -0.05) is 23.2 Å². The Balaban J connectivity index is 2.05. The van der Waals surface area contributed by atoms with Gasteiger partial charge >= 0.3 is 0 Å². The minimum atomic E-state index is -0.158. The number of halogens is 2. The minimum Gasteiger partial charge on any atom is -0.491 e. The van der Waals surface area contributed by atoms with E-state index in [1.54, 1.807) is 23.5 Å². The molecule has 0 amide bonds. The number of benzene rings is 1. The average molecular weight is 318 g/mol. The topological polar surface area (TPSA) is 42.4 Å². The lowest BCUT2D eigenvalue weighted by Gasteiger charge is -2.12. The van der Waals surface area contributed by atoms with Gasteiger partial charge in [-0.2, -0.15) is 0 Å². The van der Waals surface area contributed by atoms with Gasteiger partial charge in [-0.25, -0.2) is 4.98 Å². The van der Waals surface area contributed by atoms with E-state index < -0.39 is 0 Å². The maximum Gasteiger partial charge on any atom is 0.143 e. The Hall–Kier alpha value is -0.810. The number of rotatable bonds is 5. The van der Waals surface area contributed by atoms with Gasteiger partial charge in [-0.05, 0) is 19.1 Å². The van der Waals surface area contributed by atoms with Gasteiger partial charge in [0.25, 0.3) is 0 Å². The van der Waals surface area contributed by atoms with Crippen LogP contribution in [-0.4, -0.2) is 16.7 Å². The Bertz CT molecular complexity index is 572. The van der Waals surface area contributed by atoms with Gasteiger partial charge in [0.2, 0.25) is 0 Å². The van der Waals surface area contributed by atoms with Crippen LogP contribution in [-0.2, 0) is 13.0 Å². The van der Waals surface area contributed by atoms with Crippen molar-refractivity contribution in [1.82, 2.24) is 4.98 Å². The molecule has 2 aromatic rings. The zero-order chi connectivity index (χ0) is 13.8. The Labute approximate surface area is 125 Å². The second kappa shape index (κ2) is 6.57. The molecule has 2 rings (SSSR count). The molecule has 1 aromatic carbocycles. The molecule has 0 aliphatic heterocycles. The van der Waals surface area contributed by atoms with E-state index in [9.17, 15) is 5.11 Å². The lowest BCUT2D eigenvalue weighted by molar-refractivity contribution is 0.264. The molecule has 102 valence electrons. The number of aryl methyl sites for hydroxylation is 1. The molecule has 0 spiro atoms. The van der Waals surface area contributed by atoms with Crippen molar-refractivity contribution in [3.05, 3.63) is 43.8 Å². The van der Waals surface area contributed by atoms with E-state index in [0.717, 1.165) is 12.1 Å². The molecule has 1 heterocycles. The van der Waals surface area contributed by atoms with E-state index in [4.69, 9.17) is 27.9 Å². The second-order valence-corrected chi connectivity index (χ2v) is 5.78. The van der Waals surface area contributed by atoms with Crippen molar-refractivity contribution in [2.75, 3.05) is 6.61 Å². The molecule has 0 unspecified atom stereocenters. The Morgan fingerprint density at radius 2 is 2.16 bits per heavy atom. The number of aromatic nitrogens is 1. The van der Waals surface area contributed by atoms with E-state index in [1.807, 2.05) is 12.4 Å². The van der Waals surface area contributed by atoms with Crippen molar-refractivity contribution >= 4 is 34.5 Å². The zero-order valence-corrected chi connectivity index (χ0v) is 12.6.